The molecule has 0 fully saturated rings. The number of carbonyl (C=O) groups excluding carboxylic acids is 3. The maximum atomic E-state index is 12.0. The molecule has 0 aromatic heterocycles. The lowest BCUT2D eigenvalue weighted by molar-refractivity contribution is -0.119. The van der Waals surface area contributed by atoms with Crippen LogP contribution in [0.3, 0.4) is 0 Å². The molecule has 0 heterocycles. The number of esters is 2. The second kappa shape index (κ2) is 7.96. The van der Waals surface area contributed by atoms with Crippen molar-refractivity contribution in [2.45, 2.75) is 6.92 Å². The summed E-state index contributed by atoms with van der Waals surface area (Å²) in [5.41, 5.74) is 0.920. The molecule has 0 bridgehead atoms. The standard InChI is InChI=1S/C18H17NO6/c1-11-6-5-8-13(16(11)21)18(23)25-10-15(20)19-14-9-4-3-7-12(14)17(22)24-2/h3-9,21H,10H2,1-2H3,(H,19,20). The van der Waals surface area contributed by atoms with Crippen LogP contribution in [0.25, 0.3) is 0 Å². The molecule has 0 aliphatic rings. The van der Waals surface area contributed by atoms with E-state index in [1.807, 2.05) is 0 Å². The van der Waals surface area contributed by atoms with E-state index in [0.29, 0.717) is 5.56 Å². The molecule has 25 heavy (non-hydrogen) atoms. The van der Waals surface area contributed by atoms with Gasteiger partial charge in [-0.3, -0.25) is 4.79 Å². The van der Waals surface area contributed by atoms with E-state index in [9.17, 15) is 19.5 Å². The van der Waals surface area contributed by atoms with Gasteiger partial charge >= 0.3 is 11.9 Å². The van der Waals surface area contributed by atoms with Crippen molar-refractivity contribution in [2.24, 2.45) is 0 Å². The zero-order chi connectivity index (χ0) is 18.4. The molecule has 0 radical (unpaired) electrons. The molecule has 0 unspecified atom stereocenters. The minimum Gasteiger partial charge on any atom is -0.507 e. The van der Waals surface area contributed by atoms with Gasteiger partial charge in [0.15, 0.2) is 6.61 Å². The third-order valence-corrected chi connectivity index (χ3v) is 3.40. The molecule has 0 spiro atoms. The number of phenols is 1. The molecule has 7 heteroatoms. The summed E-state index contributed by atoms with van der Waals surface area (Å²) in [6.45, 7) is 1.07. The number of phenolic OH excluding ortho intramolecular Hbond substituents is 1. The first-order valence-electron chi connectivity index (χ1n) is 7.37. The topological polar surface area (TPSA) is 102 Å². The van der Waals surface area contributed by atoms with Crippen LogP contribution in [0.1, 0.15) is 26.3 Å². The van der Waals surface area contributed by atoms with Crippen LogP contribution in [0, 0.1) is 6.92 Å². The third kappa shape index (κ3) is 4.35. The number of para-hydroxylation sites is 2. The number of methoxy groups -OCH3 is 1. The first kappa shape index (κ1) is 18.0. The van der Waals surface area contributed by atoms with Crippen LogP contribution in [0.2, 0.25) is 0 Å². The van der Waals surface area contributed by atoms with Gasteiger partial charge in [-0.05, 0) is 30.7 Å². The number of hydrogen-bond donors (Lipinski definition) is 2. The van der Waals surface area contributed by atoms with Gasteiger partial charge in [0.05, 0.1) is 18.4 Å². The first-order chi connectivity index (χ1) is 11.9. The van der Waals surface area contributed by atoms with Gasteiger partial charge in [0, 0.05) is 0 Å². The van der Waals surface area contributed by atoms with Crippen LogP contribution >= 0.6 is 0 Å². The van der Waals surface area contributed by atoms with Gasteiger partial charge in [0.2, 0.25) is 0 Å². The Balaban J connectivity index is 2.01. The fraction of sp³-hybridized carbons (Fsp3) is 0.167. The van der Waals surface area contributed by atoms with Gasteiger partial charge in [-0.15, -0.1) is 0 Å². The number of hydrogen-bond acceptors (Lipinski definition) is 6. The molecule has 0 saturated carbocycles. The number of aromatic hydroxyl groups is 1. The van der Waals surface area contributed by atoms with Crippen molar-refractivity contribution in [2.75, 3.05) is 19.0 Å². The minimum absolute atomic E-state index is 0.0252. The van der Waals surface area contributed by atoms with Gasteiger partial charge in [-0.2, -0.15) is 0 Å². The molecule has 0 atom stereocenters. The van der Waals surface area contributed by atoms with E-state index < -0.39 is 24.5 Å². The number of carbonyl (C=O) groups is 3. The van der Waals surface area contributed by atoms with Crippen LogP contribution in [0.4, 0.5) is 5.69 Å². The summed E-state index contributed by atoms with van der Waals surface area (Å²) < 4.78 is 9.53. The molecule has 1 amide bonds. The second-order valence-electron chi connectivity index (χ2n) is 5.13. The van der Waals surface area contributed by atoms with Gasteiger partial charge in [0.25, 0.3) is 5.91 Å². The third-order valence-electron chi connectivity index (χ3n) is 3.40. The Labute approximate surface area is 144 Å². The van der Waals surface area contributed by atoms with E-state index in [-0.39, 0.29) is 22.6 Å². The molecule has 0 saturated heterocycles. The van der Waals surface area contributed by atoms with Crippen LogP contribution in [-0.2, 0) is 14.3 Å². The number of anilines is 1. The van der Waals surface area contributed by atoms with Crippen molar-refractivity contribution in [1.82, 2.24) is 0 Å². The number of benzene rings is 2. The molecular formula is C18H17NO6. The van der Waals surface area contributed by atoms with Crippen molar-refractivity contribution in [3.63, 3.8) is 0 Å². The molecule has 2 rings (SSSR count). The summed E-state index contributed by atoms with van der Waals surface area (Å²) in [6.07, 6.45) is 0. The average Bonchev–Trinajstić information content (AvgIpc) is 2.61. The van der Waals surface area contributed by atoms with E-state index in [1.165, 1.54) is 25.3 Å². The Morgan fingerprint density at radius 2 is 1.68 bits per heavy atom. The Hall–Kier alpha value is -3.35. The smallest absolute Gasteiger partial charge is 0.342 e. The quantitative estimate of drug-likeness (QED) is 0.808. The van der Waals surface area contributed by atoms with E-state index in [0.717, 1.165) is 0 Å². The van der Waals surface area contributed by atoms with Crippen LogP contribution in [0.5, 0.6) is 5.75 Å². The van der Waals surface area contributed by atoms with Crippen molar-refractivity contribution >= 4 is 23.5 Å². The molecule has 0 aliphatic heterocycles. The molecule has 2 aromatic rings. The molecule has 2 aromatic carbocycles. The van der Waals surface area contributed by atoms with Crippen molar-refractivity contribution < 1.29 is 29.0 Å². The summed E-state index contributed by atoms with van der Waals surface area (Å²) >= 11 is 0. The summed E-state index contributed by atoms with van der Waals surface area (Å²) in [7, 11) is 1.23. The van der Waals surface area contributed by atoms with Gasteiger partial charge < -0.3 is 19.9 Å². The summed E-state index contributed by atoms with van der Waals surface area (Å²) in [6, 6.07) is 10.9. The maximum Gasteiger partial charge on any atom is 0.342 e. The maximum absolute atomic E-state index is 12.0. The number of aryl methyl sites for hydroxylation is 1. The summed E-state index contributed by atoms with van der Waals surface area (Å²) in [5, 5.41) is 12.3. The Kier molecular flexibility index (Phi) is 5.73. The molecular weight excluding hydrogens is 326 g/mol. The highest BCUT2D eigenvalue weighted by molar-refractivity contribution is 6.02. The lowest BCUT2D eigenvalue weighted by Crippen LogP contribution is -2.22. The minimum atomic E-state index is -0.822. The lowest BCUT2D eigenvalue weighted by atomic mass is 10.1. The van der Waals surface area contributed by atoms with Crippen molar-refractivity contribution in [3.8, 4) is 5.75 Å². The predicted octanol–water partition coefficient (Wildman–Crippen LogP) is 2.28. The normalized spacial score (nSPS) is 10.0. The van der Waals surface area contributed by atoms with E-state index in [4.69, 9.17) is 4.74 Å². The van der Waals surface area contributed by atoms with Crippen LogP contribution in [0.15, 0.2) is 42.5 Å². The van der Waals surface area contributed by atoms with Gasteiger partial charge in [0.1, 0.15) is 11.3 Å². The van der Waals surface area contributed by atoms with Crippen LogP contribution in [-0.4, -0.2) is 36.7 Å². The molecule has 7 nitrogen and oxygen atoms in total. The lowest BCUT2D eigenvalue weighted by Gasteiger charge is -2.10. The van der Waals surface area contributed by atoms with E-state index >= 15 is 0 Å². The zero-order valence-corrected chi connectivity index (χ0v) is 13.7. The van der Waals surface area contributed by atoms with E-state index in [2.05, 4.69) is 10.1 Å². The monoisotopic (exact) mass is 343 g/mol. The number of ether oxygens (including phenoxy) is 2. The highest BCUT2D eigenvalue weighted by Gasteiger charge is 2.17. The summed E-state index contributed by atoms with van der Waals surface area (Å²) in [5.74, 6) is -2.24. The molecule has 130 valence electrons. The van der Waals surface area contributed by atoms with Gasteiger partial charge in [-0.1, -0.05) is 24.3 Å². The van der Waals surface area contributed by atoms with Gasteiger partial charge in [-0.25, -0.2) is 9.59 Å². The zero-order valence-electron chi connectivity index (χ0n) is 13.7. The van der Waals surface area contributed by atoms with Crippen LogP contribution < -0.4 is 5.32 Å². The average molecular weight is 343 g/mol. The molecule has 0 aliphatic carbocycles. The van der Waals surface area contributed by atoms with Crippen molar-refractivity contribution in [3.05, 3.63) is 59.2 Å². The predicted molar refractivity (Wildman–Crippen MR) is 89.5 cm³/mol. The second-order valence-corrected chi connectivity index (χ2v) is 5.13. The first-order valence-corrected chi connectivity index (χ1v) is 7.37. The summed E-state index contributed by atoms with van der Waals surface area (Å²) in [4.78, 5) is 35.6. The van der Waals surface area contributed by atoms with E-state index in [1.54, 1.807) is 31.2 Å². The molecule has 2 N–H and O–H groups in total. The highest BCUT2D eigenvalue weighted by atomic mass is 16.5. The van der Waals surface area contributed by atoms with Crippen molar-refractivity contribution in [1.29, 1.82) is 0 Å². The largest absolute Gasteiger partial charge is 0.507 e. The number of rotatable bonds is 5. The fourth-order valence-corrected chi connectivity index (χ4v) is 2.10. The Morgan fingerprint density at radius 1 is 1.00 bits per heavy atom. The highest BCUT2D eigenvalue weighted by Crippen LogP contribution is 2.22. The number of amides is 1. The Morgan fingerprint density at radius 3 is 2.40 bits per heavy atom. The Bertz CT molecular complexity index is 815. The fourth-order valence-electron chi connectivity index (χ4n) is 2.10. The number of nitrogens with one attached hydrogen (secondary N) is 1. The SMILES string of the molecule is COC(=O)c1ccccc1NC(=O)COC(=O)c1cccc(C)c1O.